The van der Waals surface area contributed by atoms with Gasteiger partial charge in [0.1, 0.15) is 0 Å². The average molecular weight is 259 g/mol. The summed E-state index contributed by atoms with van der Waals surface area (Å²) in [6.07, 6.45) is 6.58. The molecule has 2 rings (SSSR count). The number of aryl methyl sites for hydroxylation is 2. The van der Waals surface area contributed by atoms with Crippen LogP contribution in [0.5, 0.6) is 0 Å². The van der Waals surface area contributed by atoms with Crippen LogP contribution in [0.2, 0.25) is 0 Å². The highest BCUT2D eigenvalue weighted by Crippen LogP contribution is 2.31. The molecule has 106 valence electrons. The minimum absolute atomic E-state index is 0.302. The highest BCUT2D eigenvalue weighted by molar-refractivity contribution is 5.30. The lowest BCUT2D eigenvalue weighted by Crippen LogP contribution is -2.51. The molecule has 0 aromatic heterocycles. The topological polar surface area (TPSA) is 12.0 Å². The summed E-state index contributed by atoms with van der Waals surface area (Å²) in [5.74, 6) is 0.686. The number of hydrogen-bond acceptors (Lipinski definition) is 1. The van der Waals surface area contributed by atoms with Crippen molar-refractivity contribution in [3.05, 3.63) is 34.9 Å². The molecule has 1 aliphatic heterocycles. The SMILES string of the molecule is Cc1cc(C)cc(CC2(C(C)C)CCCCCN2)c1. The second kappa shape index (κ2) is 6.09. The first-order valence-corrected chi connectivity index (χ1v) is 7.84. The van der Waals surface area contributed by atoms with Crippen molar-refractivity contribution in [1.29, 1.82) is 0 Å². The molecule has 0 spiro atoms. The first-order valence-electron chi connectivity index (χ1n) is 7.84. The maximum atomic E-state index is 3.88. The first kappa shape index (κ1) is 14.6. The summed E-state index contributed by atoms with van der Waals surface area (Å²) in [4.78, 5) is 0. The van der Waals surface area contributed by atoms with Gasteiger partial charge in [0.25, 0.3) is 0 Å². The molecule has 1 saturated heterocycles. The summed E-state index contributed by atoms with van der Waals surface area (Å²) in [7, 11) is 0. The number of benzene rings is 1. The van der Waals surface area contributed by atoms with Crippen molar-refractivity contribution < 1.29 is 0 Å². The molecule has 0 radical (unpaired) electrons. The molecule has 1 aromatic carbocycles. The Kier molecular flexibility index (Phi) is 4.67. The second-order valence-corrected chi connectivity index (χ2v) is 6.72. The van der Waals surface area contributed by atoms with E-state index in [0.29, 0.717) is 11.5 Å². The van der Waals surface area contributed by atoms with Crippen LogP contribution in [0.3, 0.4) is 0 Å². The van der Waals surface area contributed by atoms with Crippen molar-refractivity contribution in [2.24, 2.45) is 5.92 Å². The molecule has 1 fully saturated rings. The summed E-state index contributed by atoms with van der Waals surface area (Å²) >= 11 is 0. The van der Waals surface area contributed by atoms with Gasteiger partial charge in [-0.1, -0.05) is 56.0 Å². The van der Waals surface area contributed by atoms with Gasteiger partial charge in [-0.25, -0.2) is 0 Å². The Morgan fingerprint density at radius 3 is 2.37 bits per heavy atom. The van der Waals surface area contributed by atoms with Gasteiger partial charge < -0.3 is 5.32 Å². The van der Waals surface area contributed by atoms with Crippen LogP contribution in [0, 0.1) is 19.8 Å². The number of rotatable bonds is 3. The highest BCUT2D eigenvalue weighted by atomic mass is 15.0. The van der Waals surface area contributed by atoms with Crippen LogP contribution in [0.15, 0.2) is 18.2 Å². The van der Waals surface area contributed by atoms with Gasteiger partial charge in [-0.05, 0) is 51.1 Å². The van der Waals surface area contributed by atoms with Crippen molar-refractivity contribution in [3.63, 3.8) is 0 Å². The normalized spacial score (nSPS) is 24.5. The lowest BCUT2D eigenvalue weighted by atomic mass is 9.77. The summed E-state index contributed by atoms with van der Waals surface area (Å²) in [6.45, 7) is 10.4. The molecular formula is C18H29N. The molecule has 1 atom stereocenters. The van der Waals surface area contributed by atoms with Crippen LogP contribution in [0.25, 0.3) is 0 Å². The fourth-order valence-corrected chi connectivity index (χ4v) is 3.55. The molecule has 0 aliphatic carbocycles. The Morgan fingerprint density at radius 1 is 1.05 bits per heavy atom. The fourth-order valence-electron chi connectivity index (χ4n) is 3.55. The van der Waals surface area contributed by atoms with Gasteiger partial charge in [0.15, 0.2) is 0 Å². The van der Waals surface area contributed by atoms with E-state index in [9.17, 15) is 0 Å². The van der Waals surface area contributed by atoms with Gasteiger partial charge in [0.2, 0.25) is 0 Å². The molecule has 1 aromatic rings. The van der Waals surface area contributed by atoms with E-state index in [1.807, 2.05) is 0 Å². The van der Waals surface area contributed by atoms with E-state index < -0.39 is 0 Å². The van der Waals surface area contributed by atoms with E-state index in [1.54, 1.807) is 0 Å². The van der Waals surface area contributed by atoms with Gasteiger partial charge in [-0.3, -0.25) is 0 Å². The van der Waals surface area contributed by atoms with Crippen LogP contribution in [0.4, 0.5) is 0 Å². The van der Waals surface area contributed by atoms with Crippen LogP contribution in [0.1, 0.15) is 56.2 Å². The monoisotopic (exact) mass is 259 g/mol. The van der Waals surface area contributed by atoms with E-state index in [1.165, 1.54) is 55.3 Å². The molecule has 19 heavy (non-hydrogen) atoms. The number of hydrogen-bond donors (Lipinski definition) is 1. The zero-order chi connectivity index (χ0) is 13.9. The molecule has 1 aliphatic rings. The second-order valence-electron chi connectivity index (χ2n) is 6.72. The van der Waals surface area contributed by atoms with Crippen LogP contribution in [-0.2, 0) is 6.42 Å². The maximum Gasteiger partial charge on any atom is 0.0244 e. The van der Waals surface area contributed by atoms with E-state index in [4.69, 9.17) is 0 Å². The largest absolute Gasteiger partial charge is 0.311 e. The average Bonchev–Trinajstić information content (AvgIpc) is 2.54. The zero-order valence-electron chi connectivity index (χ0n) is 13.1. The molecular weight excluding hydrogens is 230 g/mol. The Labute approximate surface area is 118 Å². The van der Waals surface area contributed by atoms with E-state index in [-0.39, 0.29) is 0 Å². The molecule has 0 amide bonds. The zero-order valence-corrected chi connectivity index (χ0v) is 13.1. The van der Waals surface area contributed by atoms with Crippen LogP contribution in [-0.4, -0.2) is 12.1 Å². The molecule has 1 nitrogen and oxygen atoms in total. The third-order valence-electron chi connectivity index (χ3n) is 4.68. The summed E-state index contributed by atoms with van der Waals surface area (Å²) in [5, 5.41) is 3.88. The van der Waals surface area contributed by atoms with Crippen molar-refractivity contribution >= 4 is 0 Å². The summed E-state index contributed by atoms with van der Waals surface area (Å²) in [5.41, 5.74) is 4.59. The van der Waals surface area contributed by atoms with Crippen LogP contribution >= 0.6 is 0 Å². The standard InChI is InChI=1S/C18H29N/c1-14(2)18(8-6-5-7-9-19-18)13-17-11-15(3)10-16(4)12-17/h10-12,14,19H,5-9,13H2,1-4H3. The minimum atomic E-state index is 0.302. The van der Waals surface area contributed by atoms with E-state index >= 15 is 0 Å². The van der Waals surface area contributed by atoms with Crippen molar-refractivity contribution in [2.45, 2.75) is 65.3 Å². The molecule has 0 bridgehead atoms. The third-order valence-corrected chi connectivity index (χ3v) is 4.68. The maximum absolute atomic E-state index is 3.88. The van der Waals surface area contributed by atoms with Gasteiger partial charge in [-0.15, -0.1) is 0 Å². The lowest BCUT2D eigenvalue weighted by molar-refractivity contribution is 0.226. The Hall–Kier alpha value is -0.820. The van der Waals surface area contributed by atoms with E-state index in [2.05, 4.69) is 51.2 Å². The third kappa shape index (κ3) is 3.60. The molecule has 0 saturated carbocycles. The van der Waals surface area contributed by atoms with Gasteiger partial charge in [-0.2, -0.15) is 0 Å². The number of nitrogens with one attached hydrogen (secondary N) is 1. The van der Waals surface area contributed by atoms with Gasteiger partial charge >= 0.3 is 0 Å². The molecule has 1 N–H and O–H groups in total. The van der Waals surface area contributed by atoms with Gasteiger partial charge in [0.05, 0.1) is 0 Å². The minimum Gasteiger partial charge on any atom is -0.311 e. The van der Waals surface area contributed by atoms with E-state index in [0.717, 1.165) is 0 Å². The Bertz CT molecular complexity index is 391. The molecule has 1 unspecified atom stereocenters. The predicted molar refractivity (Wildman–Crippen MR) is 83.7 cm³/mol. The van der Waals surface area contributed by atoms with Crippen molar-refractivity contribution in [1.82, 2.24) is 5.32 Å². The summed E-state index contributed by atoms with van der Waals surface area (Å²) < 4.78 is 0. The first-order chi connectivity index (χ1) is 9.02. The predicted octanol–water partition coefficient (Wildman–Crippen LogP) is 4.40. The Balaban J connectivity index is 2.24. The summed E-state index contributed by atoms with van der Waals surface area (Å²) in [6, 6.07) is 7.00. The Morgan fingerprint density at radius 2 is 1.74 bits per heavy atom. The smallest absolute Gasteiger partial charge is 0.0244 e. The molecule has 1 heterocycles. The lowest BCUT2D eigenvalue weighted by Gasteiger charge is -2.38. The quantitative estimate of drug-likeness (QED) is 0.848. The molecule has 1 heteroatoms. The van der Waals surface area contributed by atoms with Crippen molar-refractivity contribution in [3.8, 4) is 0 Å². The highest BCUT2D eigenvalue weighted by Gasteiger charge is 2.33. The fraction of sp³-hybridized carbons (Fsp3) is 0.667. The van der Waals surface area contributed by atoms with Crippen molar-refractivity contribution in [2.75, 3.05) is 6.54 Å². The van der Waals surface area contributed by atoms with Crippen LogP contribution < -0.4 is 5.32 Å². The van der Waals surface area contributed by atoms with Gasteiger partial charge in [0, 0.05) is 5.54 Å².